The number of benzene rings is 2. The molecule has 2 aromatic carbocycles. The van der Waals surface area contributed by atoms with Gasteiger partial charge in [-0.1, -0.05) is 56.6 Å². The number of fused-ring (bicyclic) bond motifs is 1. The molecular formula is C26H36ClN7O2Si. The second-order valence-electron chi connectivity index (χ2n) is 10.6. The van der Waals surface area contributed by atoms with Gasteiger partial charge in [-0.3, -0.25) is 15.5 Å². The van der Waals surface area contributed by atoms with E-state index in [-0.39, 0.29) is 33.5 Å². The van der Waals surface area contributed by atoms with Gasteiger partial charge in [-0.25, -0.2) is 9.97 Å². The molecule has 0 unspecified atom stereocenters. The van der Waals surface area contributed by atoms with Crippen LogP contribution in [0, 0.1) is 5.41 Å². The summed E-state index contributed by atoms with van der Waals surface area (Å²) < 4.78 is 6.45. The average Bonchev–Trinajstić information content (AvgIpc) is 2.80. The molecule has 9 nitrogen and oxygen atoms in total. The van der Waals surface area contributed by atoms with Crippen molar-refractivity contribution >= 4 is 54.2 Å². The van der Waals surface area contributed by atoms with E-state index in [2.05, 4.69) is 90.9 Å². The van der Waals surface area contributed by atoms with Gasteiger partial charge >= 0.3 is 0 Å². The first-order chi connectivity index (χ1) is 17.3. The number of nitrogens with zero attached hydrogens (tertiary/aromatic N) is 2. The summed E-state index contributed by atoms with van der Waals surface area (Å²) in [6.45, 7) is 11.8. The summed E-state index contributed by atoms with van der Waals surface area (Å²) in [5.41, 5.74) is 12.3. The van der Waals surface area contributed by atoms with E-state index in [1.165, 1.54) is 16.3 Å². The van der Waals surface area contributed by atoms with Crippen LogP contribution in [-0.4, -0.2) is 36.7 Å². The topological polar surface area (TPSA) is 152 Å². The summed E-state index contributed by atoms with van der Waals surface area (Å²) in [5, 5.41) is 15.6. The van der Waals surface area contributed by atoms with Gasteiger partial charge in [-0.05, 0) is 65.9 Å². The number of nitrogens with two attached hydrogens (primary N) is 2. The van der Waals surface area contributed by atoms with Gasteiger partial charge in [0.25, 0.3) is 5.91 Å². The first kappa shape index (κ1) is 28.2. The predicted molar refractivity (Wildman–Crippen MR) is 154 cm³/mol. The normalized spacial score (nSPS) is 11.8. The van der Waals surface area contributed by atoms with Crippen molar-refractivity contribution in [1.29, 1.82) is 5.41 Å². The fourth-order valence-corrected chi connectivity index (χ4v) is 4.58. The number of guanidine groups is 1. The Balaban J connectivity index is 1.46. The molecular weight excluding hydrogens is 506 g/mol. The second-order valence-corrected chi connectivity index (χ2v) is 15.6. The first-order valence-electron chi connectivity index (χ1n) is 12.2. The summed E-state index contributed by atoms with van der Waals surface area (Å²) in [4.78, 5) is 19.9. The minimum Gasteiger partial charge on any atom is -0.543 e. The lowest BCUT2D eigenvalue weighted by Crippen LogP contribution is -2.43. The van der Waals surface area contributed by atoms with E-state index >= 15 is 0 Å². The van der Waals surface area contributed by atoms with Gasteiger partial charge in [0, 0.05) is 6.54 Å². The molecule has 0 aliphatic heterocycles. The molecule has 0 aliphatic rings. The molecule has 7 N–H and O–H groups in total. The van der Waals surface area contributed by atoms with Gasteiger partial charge in [0.2, 0.25) is 8.32 Å². The molecule has 37 heavy (non-hydrogen) atoms. The Morgan fingerprint density at radius 1 is 1.05 bits per heavy atom. The van der Waals surface area contributed by atoms with Crippen LogP contribution in [0.15, 0.2) is 36.4 Å². The van der Waals surface area contributed by atoms with Gasteiger partial charge in [0.1, 0.15) is 5.75 Å². The third-order valence-electron chi connectivity index (χ3n) is 6.61. The Morgan fingerprint density at radius 2 is 1.73 bits per heavy atom. The molecule has 0 aliphatic carbocycles. The maximum atomic E-state index is 12.3. The summed E-state index contributed by atoms with van der Waals surface area (Å²) in [5.74, 6) is -0.113. The number of rotatable bonds is 8. The standard InChI is InChI=1S/C26H36ClN7O2Si/c1-26(2,3)37(4,5)36-19-12-11-17-14-16(9-10-18(17)15-19)8-6-7-13-31-25(30)34-24(35)20-22(28)33-23(29)21(27)32-20/h9-12,14-15H,6-8,13H2,1-5H3,(H4,28,29,33)(H3,30,31,34,35). The molecule has 3 aromatic rings. The van der Waals surface area contributed by atoms with E-state index in [9.17, 15) is 4.79 Å². The van der Waals surface area contributed by atoms with Crippen LogP contribution in [0.25, 0.3) is 10.8 Å². The van der Waals surface area contributed by atoms with Crippen LogP contribution < -0.4 is 26.5 Å². The van der Waals surface area contributed by atoms with Gasteiger partial charge in [0.05, 0.1) is 0 Å². The van der Waals surface area contributed by atoms with E-state index in [0.29, 0.717) is 6.54 Å². The fraction of sp³-hybridized carbons (Fsp3) is 0.385. The molecule has 0 spiro atoms. The molecule has 1 amide bonds. The van der Waals surface area contributed by atoms with Crippen LogP contribution in [0.5, 0.6) is 5.75 Å². The van der Waals surface area contributed by atoms with Gasteiger partial charge in [0.15, 0.2) is 28.4 Å². The number of halogens is 1. The highest BCUT2D eigenvalue weighted by molar-refractivity contribution is 6.74. The average molecular weight is 542 g/mol. The zero-order valence-corrected chi connectivity index (χ0v) is 23.8. The number of nitrogen functional groups attached to an aromatic ring is 2. The monoisotopic (exact) mass is 541 g/mol. The second kappa shape index (κ2) is 11.3. The van der Waals surface area contributed by atoms with Crippen LogP contribution in [-0.2, 0) is 6.42 Å². The summed E-state index contributed by atoms with van der Waals surface area (Å²) >= 11 is 5.80. The third kappa shape index (κ3) is 7.33. The zero-order chi connectivity index (χ0) is 27.4. The van der Waals surface area contributed by atoms with Gasteiger partial charge in [-0.2, -0.15) is 0 Å². The lowest BCUT2D eigenvalue weighted by molar-refractivity contribution is 0.0971. The van der Waals surface area contributed by atoms with Gasteiger partial charge in [-0.15, -0.1) is 0 Å². The number of aromatic nitrogens is 2. The molecule has 11 heteroatoms. The van der Waals surface area contributed by atoms with E-state index in [0.717, 1.165) is 25.0 Å². The summed E-state index contributed by atoms with van der Waals surface area (Å²) in [6, 6.07) is 12.8. The van der Waals surface area contributed by atoms with E-state index in [1.807, 2.05) is 0 Å². The summed E-state index contributed by atoms with van der Waals surface area (Å²) in [6.07, 6.45) is 2.67. The maximum absolute atomic E-state index is 12.3. The van der Waals surface area contributed by atoms with Crippen molar-refractivity contribution in [3.05, 3.63) is 52.8 Å². The minimum atomic E-state index is -1.88. The molecule has 3 rings (SSSR count). The lowest BCUT2D eigenvalue weighted by Gasteiger charge is -2.36. The smallest absolute Gasteiger partial charge is 0.280 e. The molecule has 0 radical (unpaired) electrons. The number of nitrogens with one attached hydrogen (secondary N) is 3. The third-order valence-corrected chi connectivity index (χ3v) is 11.2. The van der Waals surface area contributed by atoms with E-state index in [1.54, 1.807) is 0 Å². The van der Waals surface area contributed by atoms with Gasteiger partial charge < -0.3 is 21.2 Å². The highest BCUT2D eigenvalue weighted by atomic mass is 35.5. The number of carbonyl (C=O) groups excluding carboxylic acids is 1. The van der Waals surface area contributed by atoms with Crippen molar-refractivity contribution in [2.24, 2.45) is 0 Å². The molecule has 0 bridgehead atoms. The SMILES string of the molecule is CC(C)(C)[Si](C)(C)Oc1ccc2cc(CCCCNC(=N)NC(=O)c3nc(Cl)c(N)nc3N)ccc2c1. The Hall–Kier alpha value is -3.37. The Morgan fingerprint density at radius 3 is 2.43 bits per heavy atom. The van der Waals surface area contributed by atoms with Crippen LogP contribution in [0.2, 0.25) is 23.3 Å². The van der Waals surface area contributed by atoms with Crippen molar-refractivity contribution in [2.75, 3.05) is 18.0 Å². The number of hydrogen-bond donors (Lipinski definition) is 5. The highest BCUT2D eigenvalue weighted by Gasteiger charge is 2.38. The maximum Gasteiger partial charge on any atom is 0.280 e. The molecule has 0 fully saturated rings. The number of hydrogen-bond acceptors (Lipinski definition) is 7. The number of amides is 1. The fourth-order valence-electron chi connectivity index (χ4n) is 3.43. The summed E-state index contributed by atoms with van der Waals surface area (Å²) in [7, 11) is -1.88. The van der Waals surface area contributed by atoms with Crippen molar-refractivity contribution < 1.29 is 9.22 Å². The van der Waals surface area contributed by atoms with Crippen molar-refractivity contribution in [3.8, 4) is 5.75 Å². The molecule has 198 valence electrons. The van der Waals surface area contributed by atoms with Crippen LogP contribution in [0.3, 0.4) is 0 Å². The number of aryl methyl sites for hydroxylation is 1. The molecule has 1 heterocycles. The number of unbranched alkanes of at least 4 members (excludes halogenated alkanes) is 1. The molecule has 1 aromatic heterocycles. The van der Waals surface area contributed by atoms with Crippen LogP contribution in [0.1, 0.15) is 49.7 Å². The molecule has 0 atom stereocenters. The van der Waals surface area contributed by atoms with Crippen molar-refractivity contribution in [2.45, 2.75) is 58.2 Å². The number of anilines is 2. The largest absolute Gasteiger partial charge is 0.543 e. The lowest BCUT2D eigenvalue weighted by atomic mass is 10.0. The minimum absolute atomic E-state index is 0.0595. The van der Waals surface area contributed by atoms with E-state index in [4.69, 9.17) is 32.9 Å². The molecule has 0 saturated heterocycles. The van der Waals surface area contributed by atoms with Crippen LogP contribution in [0.4, 0.5) is 11.6 Å². The Kier molecular flexibility index (Phi) is 8.65. The predicted octanol–water partition coefficient (Wildman–Crippen LogP) is 5.11. The quantitative estimate of drug-likeness (QED) is 0.115. The first-order valence-corrected chi connectivity index (χ1v) is 15.5. The molecule has 0 saturated carbocycles. The Labute approximate surface area is 224 Å². The Bertz CT molecular complexity index is 1310. The highest BCUT2D eigenvalue weighted by Crippen LogP contribution is 2.38. The van der Waals surface area contributed by atoms with E-state index < -0.39 is 14.2 Å². The van der Waals surface area contributed by atoms with Crippen LogP contribution >= 0.6 is 11.6 Å². The zero-order valence-electron chi connectivity index (χ0n) is 22.0. The van der Waals surface area contributed by atoms with Crippen molar-refractivity contribution in [3.63, 3.8) is 0 Å². The number of carbonyl (C=O) groups is 1. The van der Waals surface area contributed by atoms with Crippen molar-refractivity contribution in [1.82, 2.24) is 20.6 Å².